The lowest BCUT2D eigenvalue weighted by molar-refractivity contribution is 0.648. The third-order valence-corrected chi connectivity index (χ3v) is 5.61. The second-order valence-electron chi connectivity index (χ2n) is 4.93. The monoisotopic (exact) mass is 286 g/mol. The number of hydrogen-bond donors (Lipinski definition) is 0. The van der Waals surface area contributed by atoms with E-state index in [-0.39, 0.29) is 0 Å². The molecule has 0 saturated heterocycles. The third kappa shape index (κ3) is 1.74. The first-order valence-corrected chi connectivity index (χ1v) is 8.07. The molecular weight excluding hydrogens is 272 g/mol. The van der Waals surface area contributed by atoms with Crippen LogP contribution in [-0.2, 0) is 0 Å². The van der Waals surface area contributed by atoms with E-state index in [2.05, 4.69) is 48.0 Å². The van der Waals surface area contributed by atoms with Crippen molar-refractivity contribution in [1.82, 2.24) is 4.90 Å². The van der Waals surface area contributed by atoms with Crippen molar-refractivity contribution >= 4 is 44.0 Å². The van der Waals surface area contributed by atoms with Gasteiger partial charge in [0.1, 0.15) is 0 Å². The smallest absolute Gasteiger partial charge is 0.168 e. The zero-order valence-corrected chi connectivity index (χ0v) is 12.6. The lowest BCUT2D eigenvalue weighted by Crippen LogP contribution is -2.19. The Morgan fingerprint density at radius 1 is 1.21 bits per heavy atom. The van der Waals surface area contributed by atoms with Gasteiger partial charge in [-0.2, -0.15) is 0 Å². The average molecular weight is 286 g/mol. The van der Waals surface area contributed by atoms with Crippen molar-refractivity contribution in [3.63, 3.8) is 0 Å². The van der Waals surface area contributed by atoms with Gasteiger partial charge in [-0.1, -0.05) is 23.9 Å². The highest BCUT2D eigenvalue weighted by Gasteiger charge is 2.30. The quantitative estimate of drug-likeness (QED) is 0.776. The third-order valence-electron chi connectivity index (χ3n) is 3.57. The highest BCUT2D eigenvalue weighted by atomic mass is 32.2. The van der Waals surface area contributed by atoms with Gasteiger partial charge in [0.05, 0.1) is 12.2 Å². The van der Waals surface area contributed by atoms with E-state index < -0.39 is 0 Å². The Bertz CT molecular complexity index is 740. The molecule has 0 saturated carbocycles. The van der Waals surface area contributed by atoms with Gasteiger partial charge >= 0.3 is 0 Å². The number of nitrogens with zero attached hydrogens (tertiary/aromatic N) is 2. The number of rotatable bonds is 1. The molecule has 96 valence electrons. The first-order chi connectivity index (χ1) is 9.22. The molecule has 2 nitrogen and oxygen atoms in total. The number of benzene rings is 1. The lowest BCUT2D eigenvalue weighted by Gasteiger charge is -2.17. The van der Waals surface area contributed by atoms with Gasteiger partial charge in [0.25, 0.3) is 0 Å². The topological polar surface area (TPSA) is 15.6 Å². The molecule has 2 aliphatic rings. The summed E-state index contributed by atoms with van der Waals surface area (Å²) in [5.74, 6) is 0. The van der Waals surface area contributed by atoms with Crippen LogP contribution in [0.25, 0.3) is 15.8 Å². The van der Waals surface area contributed by atoms with Crippen molar-refractivity contribution in [2.75, 3.05) is 13.1 Å². The van der Waals surface area contributed by atoms with Crippen LogP contribution in [0, 0.1) is 6.92 Å². The molecule has 2 aliphatic heterocycles. The van der Waals surface area contributed by atoms with Crippen LogP contribution in [-0.4, -0.2) is 23.2 Å². The second kappa shape index (κ2) is 4.12. The van der Waals surface area contributed by atoms with Crippen LogP contribution in [0.1, 0.15) is 17.4 Å². The van der Waals surface area contributed by atoms with E-state index in [1.807, 2.05) is 23.1 Å². The second-order valence-corrected chi connectivity index (χ2v) is 7.40. The van der Waals surface area contributed by atoms with E-state index in [1.54, 1.807) is 0 Å². The molecule has 1 aromatic carbocycles. The molecular formula is C15H14N2S2. The average Bonchev–Trinajstić information content (AvgIpc) is 3.00. The van der Waals surface area contributed by atoms with Crippen LogP contribution in [0.3, 0.4) is 0 Å². The highest BCUT2D eigenvalue weighted by Crippen LogP contribution is 2.42. The van der Waals surface area contributed by atoms with Crippen molar-refractivity contribution in [3.05, 3.63) is 39.6 Å². The fraction of sp³-hybridized carbons (Fsp3) is 0.267. The van der Waals surface area contributed by atoms with E-state index in [4.69, 9.17) is 0 Å². The number of hydrogen-bond acceptors (Lipinski definition) is 4. The van der Waals surface area contributed by atoms with Crippen molar-refractivity contribution < 1.29 is 0 Å². The summed E-state index contributed by atoms with van der Waals surface area (Å²) >= 11 is 3.68. The summed E-state index contributed by atoms with van der Waals surface area (Å²) in [6, 6.07) is 9.07. The van der Waals surface area contributed by atoms with Crippen LogP contribution >= 0.6 is 23.1 Å². The Morgan fingerprint density at radius 3 is 3.00 bits per heavy atom. The minimum atomic E-state index is 0.930. The van der Waals surface area contributed by atoms with Crippen molar-refractivity contribution in [1.29, 1.82) is 0 Å². The normalized spacial score (nSPS) is 18.4. The maximum atomic E-state index is 4.56. The molecule has 0 amide bonds. The fourth-order valence-corrected chi connectivity index (χ4v) is 4.78. The molecule has 0 unspecified atom stereocenters. The minimum absolute atomic E-state index is 0.930. The summed E-state index contributed by atoms with van der Waals surface area (Å²) in [6.45, 7) is 6.33. The van der Waals surface area contributed by atoms with Gasteiger partial charge in [0, 0.05) is 26.6 Å². The van der Waals surface area contributed by atoms with E-state index in [0.717, 1.165) is 13.1 Å². The Hall–Kier alpha value is -1.26. The molecule has 4 heteroatoms. The predicted octanol–water partition coefficient (Wildman–Crippen LogP) is 4.32. The summed E-state index contributed by atoms with van der Waals surface area (Å²) < 4.78 is 1.38. The first-order valence-electron chi connectivity index (χ1n) is 6.44. The number of amidine groups is 1. The number of thiophene rings is 1. The van der Waals surface area contributed by atoms with Crippen molar-refractivity contribution in [2.24, 2.45) is 4.99 Å². The molecule has 0 atom stereocenters. The van der Waals surface area contributed by atoms with Gasteiger partial charge in [0.2, 0.25) is 0 Å². The van der Waals surface area contributed by atoms with Crippen LogP contribution in [0.4, 0.5) is 0 Å². The van der Waals surface area contributed by atoms with Gasteiger partial charge in [-0.15, -0.1) is 11.3 Å². The SMILES string of the molecule is CC1=C(c2ccc3cc(C)sc3c2)N2CCN=C2S1. The van der Waals surface area contributed by atoms with Gasteiger partial charge in [0.15, 0.2) is 5.17 Å². The van der Waals surface area contributed by atoms with Gasteiger partial charge in [-0.3, -0.25) is 4.99 Å². The Morgan fingerprint density at radius 2 is 2.11 bits per heavy atom. The molecule has 19 heavy (non-hydrogen) atoms. The molecule has 0 N–H and O–H groups in total. The Labute approximate surface area is 120 Å². The van der Waals surface area contributed by atoms with Crippen molar-refractivity contribution in [3.8, 4) is 0 Å². The van der Waals surface area contributed by atoms with Crippen LogP contribution < -0.4 is 0 Å². The molecule has 0 fully saturated rings. The standard InChI is InChI=1S/C15H14N2S2/c1-9-7-11-3-4-12(8-13(11)18-9)14-10(2)19-15-16-5-6-17(14)15/h3-4,7-8H,5-6H2,1-2H3. The summed E-state index contributed by atoms with van der Waals surface area (Å²) in [5.41, 5.74) is 2.68. The zero-order chi connectivity index (χ0) is 13.0. The number of aliphatic imine (C=N–C) groups is 1. The summed E-state index contributed by atoms with van der Waals surface area (Å²) in [7, 11) is 0. The van der Waals surface area contributed by atoms with Gasteiger partial charge in [-0.25, -0.2) is 0 Å². The molecule has 2 aromatic rings. The minimum Gasteiger partial charge on any atom is -0.318 e. The first kappa shape index (κ1) is 11.6. The lowest BCUT2D eigenvalue weighted by atomic mass is 10.1. The number of aryl methyl sites for hydroxylation is 1. The zero-order valence-electron chi connectivity index (χ0n) is 10.9. The van der Waals surface area contributed by atoms with Gasteiger partial charge in [-0.05, 0) is 31.4 Å². The number of allylic oxidation sites excluding steroid dienone is 1. The molecule has 0 radical (unpaired) electrons. The molecule has 4 rings (SSSR count). The maximum Gasteiger partial charge on any atom is 0.168 e. The van der Waals surface area contributed by atoms with Crippen LogP contribution in [0.15, 0.2) is 34.2 Å². The van der Waals surface area contributed by atoms with Crippen molar-refractivity contribution in [2.45, 2.75) is 13.8 Å². The van der Waals surface area contributed by atoms with E-state index in [9.17, 15) is 0 Å². The van der Waals surface area contributed by atoms with E-state index in [0.29, 0.717) is 0 Å². The molecule has 1 aromatic heterocycles. The van der Waals surface area contributed by atoms with E-state index >= 15 is 0 Å². The molecule has 3 heterocycles. The summed E-state index contributed by atoms with van der Waals surface area (Å²) in [5, 5.41) is 2.53. The summed E-state index contributed by atoms with van der Waals surface area (Å²) in [6.07, 6.45) is 0. The highest BCUT2D eigenvalue weighted by molar-refractivity contribution is 8.17. The van der Waals surface area contributed by atoms with Crippen LogP contribution in [0.5, 0.6) is 0 Å². The molecule has 0 bridgehead atoms. The Kier molecular flexibility index (Phi) is 2.50. The fourth-order valence-electron chi connectivity index (χ4n) is 2.77. The largest absolute Gasteiger partial charge is 0.318 e. The Balaban J connectivity index is 1.85. The summed E-state index contributed by atoms with van der Waals surface area (Å²) in [4.78, 5) is 9.66. The van der Waals surface area contributed by atoms with Crippen LogP contribution in [0.2, 0.25) is 0 Å². The maximum absolute atomic E-state index is 4.56. The number of thioether (sulfide) groups is 1. The van der Waals surface area contributed by atoms with E-state index in [1.165, 1.54) is 36.3 Å². The predicted molar refractivity (Wildman–Crippen MR) is 85.8 cm³/mol. The molecule has 0 aliphatic carbocycles. The number of fused-ring (bicyclic) bond motifs is 2. The van der Waals surface area contributed by atoms with Gasteiger partial charge < -0.3 is 4.90 Å². The molecule has 0 spiro atoms.